The highest BCUT2D eigenvalue weighted by atomic mass is 35.5. The van der Waals surface area contributed by atoms with Crippen molar-refractivity contribution in [3.8, 4) is 0 Å². The van der Waals surface area contributed by atoms with Gasteiger partial charge < -0.3 is 10.2 Å². The van der Waals surface area contributed by atoms with Gasteiger partial charge in [-0.05, 0) is 41.8 Å². The van der Waals surface area contributed by atoms with Crippen LogP contribution in [-0.4, -0.2) is 18.4 Å². The van der Waals surface area contributed by atoms with Crippen molar-refractivity contribution in [2.75, 3.05) is 16.8 Å². The molecule has 126 valence electrons. The van der Waals surface area contributed by atoms with Crippen molar-refractivity contribution in [3.05, 3.63) is 59.1 Å². The second-order valence-corrected chi connectivity index (χ2v) is 6.35. The van der Waals surface area contributed by atoms with Gasteiger partial charge in [0.1, 0.15) is 6.54 Å². The molecule has 0 saturated carbocycles. The topological polar surface area (TPSA) is 49.4 Å². The van der Waals surface area contributed by atoms with Gasteiger partial charge in [-0.1, -0.05) is 43.6 Å². The Balaban J connectivity index is 2.07. The first kappa shape index (κ1) is 18.0. The first-order chi connectivity index (χ1) is 11.4. The number of anilines is 2. The van der Waals surface area contributed by atoms with Crippen LogP contribution in [0.15, 0.2) is 48.5 Å². The lowest BCUT2D eigenvalue weighted by atomic mass is 10.0. The molecule has 0 radical (unpaired) electrons. The van der Waals surface area contributed by atoms with Crippen LogP contribution in [0, 0.1) is 0 Å². The van der Waals surface area contributed by atoms with E-state index in [0.29, 0.717) is 22.3 Å². The molecular weight excluding hydrogens is 324 g/mol. The van der Waals surface area contributed by atoms with Crippen LogP contribution in [0.1, 0.15) is 32.3 Å². The van der Waals surface area contributed by atoms with Crippen molar-refractivity contribution in [2.45, 2.75) is 26.7 Å². The quantitative estimate of drug-likeness (QED) is 0.870. The van der Waals surface area contributed by atoms with Crippen molar-refractivity contribution < 1.29 is 9.59 Å². The van der Waals surface area contributed by atoms with E-state index in [1.165, 1.54) is 17.4 Å². The van der Waals surface area contributed by atoms with Gasteiger partial charge in [0, 0.05) is 23.3 Å². The van der Waals surface area contributed by atoms with Crippen LogP contribution in [-0.2, 0) is 9.59 Å². The van der Waals surface area contributed by atoms with Gasteiger partial charge in [0.25, 0.3) is 0 Å². The van der Waals surface area contributed by atoms with E-state index in [4.69, 9.17) is 11.6 Å². The van der Waals surface area contributed by atoms with Gasteiger partial charge in [0.15, 0.2) is 0 Å². The Labute approximate surface area is 147 Å². The molecule has 0 aromatic heterocycles. The first-order valence-electron chi connectivity index (χ1n) is 7.80. The summed E-state index contributed by atoms with van der Waals surface area (Å²) in [6, 6.07) is 14.6. The fraction of sp³-hybridized carbons (Fsp3) is 0.263. The Hall–Kier alpha value is -2.33. The van der Waals surface area contributed by atoms with Crippen LogP contribution >= 0.6 is 11.6 Å². The van der Waals surface area contributed by atoms with Crippen LogP contribution in [0.25, 0.3) is 0 Å². The molecule has 0 saturated heterocycles. The number of hydrogen-bond acceptors (Lipinski definition) is 2. The molecule has 0 atom stereocenters. The summed E-state index contributed by atoms with van der Waals surface area (Å²) in [6.45, 7) is 5.58. The van der Waals surface area contributed by atoms with E-state index in [9.17, 15) is 9.59 Å². The molecule has 2 amide bonds. The summed E-state index contributed by atoms with van der Waals surface area (Å²) >= 11 is 5.96. The molecule has 4 nitrogen and oxygen atoms in total. The summed E-state index contributed by atoms with van der Waals surface area (Å²) in [6.07, 6.45) is 0. The van der Waals surface area contributed by atoms with Crippen LogP contribution in [0.2, 0.25) is 5.02 Å². The first-order valence-corrected chi connectivity index (χ1v) is 8.18. The second-order valence-electron chi connectivity index (χ2n) is 5.91. The molecule has 0 heterocycles. The van der Waals surface area contributed by atoms with E-state index in [2.05, 4.69) is 19.2 Å². The van der Waals surface area contributed by atoms with Crippen molar-refractivity contribution in [3.63, 3.8) is 0 Å². The van der Waals surface area contributed by atoms with Crippen LogP contribution in [0.4, 0.5) is 11.4 Å². The largest absolute Gasteiger partial charge is 0.325 e. The maximum Gasteiger partial charge on any atom is 0.244 e. The molecule has 0 aliphatic carbocycles. The molecule has 24 heavy (non-hydrogen) atoms. The lowest BCUT2D eigenvalue weighted by molar-refractivity contribution is -0.120. The molecule has 0 aliphatic rings. The molecule has 0 unspecified atom stereocenters. The third kappa shape index (κ3) is 4.83. The lowest BCUT2D eigenvalue weighted by Crippen LogP contribution is -2.36. The SMILES string of the molecule is CC(=O)N(CC(=O)Nc1ccc(C(C)C)cc1)c1cccc(Cl)c1. The highest BCUT2D eigenvalue weighted by Gasteiger charge is 2.16. The summed E-state index contributed by atoms with van der Waals surface area (Å²) in [5, 5.41) is 3.33. The Bertz CT molecular complexity index is 726. The molecule has 2 rings (SSSR count). The van der Waals surface area contributed by atoms with E-state index in [1.54, 1.807) is 24.3 Å². The van der Waals surface area contributed by atoms with Gasteiger partial charge in [-0.2, -0.15) is 0 Å². The normalized spacial score (nSPS) is 10.5. The van der Waals surface area contributed by atoms with Gasteiger partial charge >= 0.3 is 0 Å². The zero-order valence-electron chi connectivity index (χ0n) is 14.0. The fourth-order valence-electron chi connectivity index (χ4n) is 2.32. The Morgan fingerprint density at radius 3 is 2.33 bits per heavy atom. The van der Waals surface area contributed by atoms with Crippen LogP contribution in [0.3, 0.4) is 0 Å². The lowest BCUT2D eigenvalue weighted by Gasteiger charge is -2.21. The van der Waals surface area contributed by atoms with Gasteiger partial charge in [0.05, 0.1) is 0 Å². The van der Waals surface area contributed by atoms with E-state index < -0.39 is 0 Å². The Morgan fingerprint density at radius 1 is 1.12 bits per heavy atom. The summed E-state index contributed by atoms with van der Waals surface area (Å²) < 4.78 is 0. The number of carbonyl (C=O) groups is 2. The number of hydrogen-bond donors (Lipinski definition) is 1. The zero-order valence-corrected chi connectivity index (χ0v) is 14.8. The number of nitrogens with one attached hydrogen (secondary N) is 1. The van der Waals surface area contributed by atoms with Crippen molar-refractivity contribution >= 4 is 34.8 Å². The number of rotatable bonds is 5. The summed E-state index contributed by atoms with van der Waals surface area (Å²) in [5.41, 5.74) is 2.51. The summed E-state index contributed by atoms with van der Waals surface area (Å²) in [7, 11) is 0. The number of halogens is 1. The van der Waals surface area contributed by atoms with Crippen LogP contribution in [0.5, 0.6) is 0 Å². The third-order valence-electron chi connectivity index (χ3n) is 3.66. The average molecular weight is 345 g/mol. The van der Waals surface area contributed by atoms with Crippen molar-refractivity contribution in [1.29, 1.82) is 0 Å². The number of benzene rings is 2. The molecule has 5 heteroatoms. The van der Waals surface area contributed by atoms with Gasteiger partial charge in [-0.15, -0.1) is 0 Å². The highest BCUT2D eigenvalue weighted by Crippen LogP contribution is 2.20. The molecule has 0 fully saturated rings. The van der Waals surface area contributed by atoms with E-state index in [-0.39, 0.29) is 18.4 Å². The molecule has 0 bridgehead atoms. The molecular formula is C19H21ClN2O2. The van der Waals surface area contributed by atoms with Crippen LogP contribution < -0.4 is 10.2 Å². The third-order valence-corrected chi connectivity index (χ3v) is 3.90. The molecule has 1 N–H and O–H groups in total. The number of nitrogens with zero attached hydrogens (tertiary/aromatic N) is 1. The fourth-order valence-corrected chi connectivity index (χ4v) is 2.51. The standard InChI is InChI=1S/C19H21ClN2O2/c1-13(2)15-7-9-17(10-8-15)21-19(24)12-22(14(3)23)18-6-4-5-16(20)11-18/h4-11,13H,12H2,1-3H3,(H,21,24). The predicted octanol–water partition coefficient (Wildman–Crippen LogP) is 4.46. The summed E-state index contributed by atoms with van der Waals surface area (Å²) in [5.74, 6) is -0.0455. The minimum absolute atomic E-state index is 0.0678. The maximum absolute atomic E-state index is 12.3. The minimum atomic E-state index is -0.262. The number of carbonyl (C=O) groups excluding carboxylic acids is 2. The highest BCUT2D eigenvalue weighted by molar-refractivity contribution is 6.31. The minimum Gasteiger partial charge on any atom is -0.325 e. The molecule has 2 aromatic carbocycles. The zero-order chi connectivity index (χ0) is 17.7. The Kier molecular flexibility index (Phi) is 5.99. The Morgan fingerprint density at radius 2 is 1.79 bits per heavy atom. The number of amides is 2. The van der Waals surface area contributed by atoms with Gasteiger partial charge in [0.2, 0.25) is 11.8 Å². The molecule has 0 aliphatic heterocycles. The maximum atomic E-state index is 12.3. The van der Waals surface area contributed by atoms with Gasteiger partial charge in [-0.25, -0.2) is 0 Å². The van der Waals surface area contributed by atoms with Crippen molar-refractivity contribution in [1.82, 2.24) is 0 Å². The van der Waals surface area contributed by atoms with E-state index >= 15 is 0 Å². The monoisotopic (exact) mass is 344 g/mol. The average Bonchev–Trinajstić information content (AvgIpc) is 2.52. The molecule has 0 spiro atoms. The van der Waals surface area contributed by atoms with E-state index in [0.717, 1.165) is 0 Å². The second kappa shape index (κ2) is 7.97. The van der Waals surface area contributed by atoms with Crippen molar-refractivity contribution in [2.24, 2.45) is 0 Å². The van der Waals surface area contributed by atoms with Gasteiger partial charge in [-0.3, -0.25) is 9.59 Å². The summed E-state index contributed by atoms with van der Waals surface area (Å²) in [4.78, 5) is 25.5. The van der Waals surface area contributed by atoms with E-state index in [1.807, 2.05) is 24.3 Å². The smallest absolute Gasteiger partial charge is 0.244 e. The predicted molar refractivity (Wildman–Crippen MR) is 98.6 cm³/mol. The molecule has 2 aromatic rings.